The van der Waals surface area contributed by atoms with E-state index in [9.17, 15) is 4.79 Å². The molecule has 0 bridgehead atoms. The molecule has 0 saturated carbocycles. The third kappa shape index (κ3) is 1.50. The van der Waals surface area contributed by atoms with E-state index in [2.05, 4.69) is 18.8 Å². The van der Waals surface area contributed by atoms with Crippen molar-refractivity contribution in [2.45, 2.75) is 26.7 Å². The second-order valence-corrected chi connectivity index (χ2v) is 3.08. The average Bonchev–Trinajstić information content (AvgIpc) is 2.31. The fourth-order valence-corrected chi connectivity index (χ4v) is 1.03. The predicted octanol–water partition coefficient (Wildman–Crippen LogP) is 2.26. The number of rotatable bonds is 2. The average molecular weight is 151 g/mol. The molecule has 1 aromatic heterocycles. The van der Waals surface area contributed by atoms with Gasteiger partial charge in [0.25, 0.3) is 0 Å². The molecule has 0 aliphatic rings. The molecule has 0 aliphatic carbocycles. The van der Waals surface area contributed by atoms with E-state index in [1.807, 2.05) is 13.0 Å². The van der Waals surface area contributed by atoms with Crippen molar-refractivity contribution in [2.24, 2.45) is 0 Å². The summed E-state index contributed by atoms with van der Waals surface area (Å²) in [5.41, 5.74) is 2.86. The van der Waals surface area contributed by atoms with Crippen molar-refractivity contribution in [1.29, 1.82) is 0 Å². The maximum Gasteiger partial charge on any atom is 0.151 e. The zero-order chi connectivity index (χ0) is 8.43. The molecule has 0 saturated heterocycles. The van der Waals surface area contributed by atoms with Gasteiger partial charge in [0.1, 0.15) is 0 Å². The lowest BCUT2D eigenvalue weighted by Crippen LogP contribution is -1.85. The van der Waals surface area contributed by atoms with Crippen LogP contribution < -0.4 is 0 Å². The summed E-state index contributed by atoms with van der Waals surface area (Å²) in [6.07, 6.45) is 0.887. The van der Waals surface area contributed by atoms with Crippen molar-refractivity contribution < 1.29 is 4.79 Å². The molecule has 0 spiro atoms. The van der Waals surface area contributed by atoms with Crippen molar-refractivity contribution in [1.82, 2.24) is 4.98 Å². The Kier molecular flexibility index (Phi) is 2.13. The Morgan fingerprint density at radius 1 is 1.55 bits per heavy atom. The van der Waals surface area contributed by atoms with E-state index in [4.69, 9.17) is 0 Å². The minimum atomic E-state index is 0.461. The van der Waals surface area contributed by atoms with Gasteiger partial charge in [-0.3, -0.25) is 4.79 Å². The van der Waals surface area contributed by atoms with Crippen LogP contribution in [0.2, 0.25) is 0 Å². The largest absolute Gasteiger partial charge is 0.362 e. The number of H-pyrrole nitrogens is 1. The van der Waals surface area contributed by atoms with Gasteiger partial charge in [0, 0.05) is 17.0 Å². The van der Waals surface area contributed by atoms with Crippen LogP contribution in [0.5, 0.6) is 0 Å². The van der Waals surface area contributed by atoms with E-state index in [-0.39, 0.29) is 0 Å². The Morgan fingerprint density at radius 2 is 2.18 bits per heavy atom. The predicted molar refractivity (Wildman–Crippen MR) is 45.0 cm³/mol. The number of carbonyl (C=O) groups excluding carboxylic acids is 1. The lowest BCUT2D eigenvalue weighted by atomic mass is 10.1. The molecule has 0 unspecified atom stereocenters. The molecule has 0 atom stereocenters. The van der Waals surface area contributed by atoms with Crippen molar-refractivity contribution in [2.75, 3.05) is 0 Å². The molecular weight excluding hydrogens is 138 g/mol. The summed E-state index contributed by atoms with van der Waals surface area (Å²) in [4.78, 5) is 13.6. The molecule has 1 N–H and O–H groups in total. The standard InChI is InChI=1S/C9H13NO/c1-6(2)9-4-8(5-11)7(3)10-9/h4-6,10H,1-3H3. The molecule has 1 rings (SSSR count). The molecule has 11 heavy (non-hydrogen) atoms. The van der Waals surface area contributed by atoms with Gasteiger partial charge in [-0.25, -0.2) is 0 Å². The topological polar surface area (TPSA) is 32.9 Å². The van der Waals surface area contributed by atoms with Crippen LogP contribution in [0.25, 0.3) is 0 Å². The molecule has 0 aromatic carbocycles. The lowest BCUT2D eigenvalue weighted by molar-refractivity contribution is 0.112. The van der Waals surface area contributed by atoms with E-state index in [0.717, 1.165) is 23.2 Å². The minimum absolute atomic E-state index is 0.461. The second kappa shape index (κ2) is 2.91. The van der Waals surface area contributed by atoms with Crippen LogP contribution in [0.3, 0.4) is 0 Å². The quantitative estimate of drug-likeness (QED) is 0.646. The Morgan fingerprint density at radius 3 is 2.45 bits per heavy atom. The summed E-state index contributed by atoms with van der Waals surface area (Å²) in [6.45, 7) is 6.11. The molecule has 0 fully saturated rings. The van der Waals surface area contributed by atoms with E-state index in [1.165, 1.54) is 0 Å². The van der Waals surface area contributed by atoms with Gasteiger partial charge in [-0.2, -0.15) is 0 Å². The highest BCUT2D eigenvalue weighted by Crippen LogP contribution is 2.15. The second-order valence-electron chi connectivity index (χ2n) is 3.08. The van der Waals surface area contributed by atoms with Gasteiger partial charge in [0.2, 0.25) is 0 Å². The first kappa shape index (κ1) is 8.05. The highest BCUT2D eigenvalue weighted by Gasteiger charge is 2.05. The van der Waals surface area contributed by atoms with Gasteiger partial charge >= 0.3 is 0 Å². The van der Waals surface area contributed by atoms with E-state index >= 15 is 0 Å². The SMILES string of the molecule is Cc1[nH]c(C(C)C)cc1C=O. The number of hydrogen-bond acceptors (Lipinski definition) is 1. The molecule has 0 aliphatic heterocycles. The Hall–Kier alpha value is -1.05. The summed E-state index contributed by atoms with van der Waals surface area (Å²) in [5.74, 6) is 0.461. The third-order valence-electron chi connectivity index (χ3n) is 1.82. The Labute approximate surface area is 66.6 Å². The number of aryl methyl sites for hydroxylation is 1. The summed E-state index contributed by atoms with van der Waals surface area (Å²) in [7, 11) is 0. The molecule has 1 aromatic rings. The number of aromatic nitrogens is 1. The van der Waals surface area contributed by atoms with Crippen LogP contribution in [-0.2, 0) is 0 Å². The first-order valence-electron chi connectivity index (χ1n) is 3.80. The normalized spacial score (nSPS) is 10.5. The molecule has 2 heteroatoms. The highest BCUT2D eigenvalue weighted by molar-refractivity contribution is 5.76. The maximum absolute atomic E-state index is 10.4. The van der Waals surface area contributed by atoms with Crippen molar-refractivity contribution >= 4 is 6.29 Å². The van der Waals surface area contributed by atoms with Crippen LogP contribution in [0.15, 0.2) is 6.07 Å². The van der Waals surface area contributed by atoms with Gasteiger partial charge in [0.15, 0.2) is 6.29 Å². The monoisotopic (exact) mass is 151 g/mol. The van der Waals surface area contributed by atoms with Crippen molar-refractivity contribution in [3.63, 3.8) is 0 Å². The maximum atomic E-state index is 10.4. The number of carbonyl (C=O) groups is 1. The molecule has 2 nitrogen and oxygen atoms in total. The molecule has 0 radical (unpaired) electrons. The molecular formula is C9H13NO. The zero-order valence-corrected chi connectivity index (χ0v) is 7.14. The van der Waals surface area contributed by atoms with Crippen LogP contribution >= 0.6 is 0 Å². The summed E-state index contributed by atoms with van der Waals surface area (Å²) in [6, 6.07) is 1.91. The van der Waals surface area contributed by atoms with E-state index in [1.54, 1.807) is 0 Å². The number of aldehydes is 1. The number of nitrogens with one attached hydrogen (secondary N) is 1. The van der Waals surface area contributed by atoms with Gasteiger partial charge < -0.3 is 4.98 Å². The molecule has 1 heterocycles. The lowest BCUT2D eigenvalue weighted by Gasteiger charge is -1.98. The molecule has 0 amide bonds. The fraction of sp³-hybridized carbons (Fsp3) is 0.444. The van der Waals surface area contributed by atoms with Crippen LogP contribution in [-0.4, -0.2) is 11.3 Å². The van der Waals surface area contributed by atoms with Gasteiger partial charge in [0.05, 0.1) is 0 Å². The van der Waals surface area contributed by atoms with Crippen LogP contribution in [0.1, 0.15) is 41.5 Å². The van der Waals surface area contributed by atoms with Crippen LogP contribution in [0.4, 0.5) is 0 Å². The van der Waals surface area contributed by atoms with Crippen molar-refractivity contribution in [3.05, 3.63) is 23.0 Å². The van der Waals surface area contributed by atoms with Crippen LogP contribution in [0, 0.1) is 6.92 Å². The minimum Gasteiger partial charge on any atom is -0.362 e. The van der Waals surface area contributed by atoms with Crippen molar-refractivity contribution in [3.8, 4) is 0 Å². The zero-order valence-electron chi connectivity index (χ0n) is 7.14. The van der Waals surface area contributed by atoms with Gasteiger partial charge in [-0.1, -0.05) is 13.8 Å². The first-order chi connectivity index (χ1) is 5.15. The van der Waals surface area contributed by atoms with Gasteiger partial charge in [-0.15, -0.1) is 0 Å². The molecule has 60 valence electrons. The third-order valence-corrected chi connectivity index (χ3v) is 1.82. The first-order valence-corrected chi connectivity index (χ1v) is 3.80. The smallest absolute Gasteiger partial charge is 0.151 e. The number of aromatic amines is 1. The Balaban J connectivity index is 3.04. The highest BCUT2D eigenvalue weighted by atomic mass is 16.1. The summed E-state index contributed by atoms with van der Waals surface area (Å²) < 4.78 is 0. The summed E-state index contributed by atoms with van der Waals surface area (Å²) >= 11 is 0. The summed E-state index contributed by atoms with van der Waals surface area (Å²) in [5, 5.41) is 0. The van der Waals surface area contributed by atoms with E-state index < -0.39 is 0 Å². The number of hydrogen-bond donors (Lipinski definition) is 1. The Bertz CT molecular complexity index is 261. The van der Waals surface area contributed by atoms with E-state index in [0.29, 0.717) is 5.92 Å². The fourth-order valence-electron chi connectivity index (χ4n) is 1.03. The van der Waals surface area contributed by atoms with Gasteiger partial charge in [-0.05, 0) is 18.9 Å².